The average Bonchev–Trinajstić information content (AvgIpc) is 3.70. The third-order valence-corrected chi connectivity index (χ3v) is 7.28. The van der Waals surface area contributed by atoms with Crippen molar-refractivity contribution in [2.75, 3.05) is 9.80 Å². The second-order valence-electron chi connectivity index (χ2n) is 9.89. The van der Waals surface area contributed by atoms with Crippen molar-refractivity contribution >= 4 is 45.8 Å². The lowest BCUT2D eigenvalue weighted by Gasteiger charge is -2.25. The van der Waals surface area contributed by atoms with Crippen LogP contribution in [-0.4, -0.2) is 21.7 Å². The number of allylic oxidation sites excluding steroid dienone is 3. The standard InChI is InChI=1S/C36H26N4O2/c41-35-33(29-21-23-31(37-29)39(25-13-5-1-6-14-25)26-15-7-2-8-16-26)36(42)34(35)30-22-24-32(38-30)40(27-17-9-3-10-18-27)28-19-11-4-12-20-28/h1-24,37,41H/b34-30+. The number of rotatable bonds is 6. The Hall–Kier alpha value is -5.88. The Morgan fingerprint density at radius 3 is 1.50 bits per heavy atom. The smallest absolute Gasteiger partial charge is 0.204 e. The number of carbonyl (C=O) groups is 1. The molecule has 42 heavy (non-hydrogen) atoms. The second kappa shape index (κ2) is 10.6. The molecule has 1 aromatic heterocycles. The van der Waals surface area contributed by atoms with Crippen LogP contribution in [0.1, 0.15) is 5.69 Å². The van der Waals surface area contributed by atoms with E-state index in [2.05, 4.69) is 9.88 Å². The molecule has 5 aromatic rings. The van der Waals surface area contributed by atoms with Crippen LogP contribution in [0.25, 0.3) is 5.57 Å². The maximum atomic E-state index is 13.5. The molecule has 0 amide bonds. The lowest BCUT2D eigenvalue weighted by Crippen LogP contribution is -2.24. The predicted octanol–water partition coefficient (Wildman–Crippen LogP) is 8.40. The zero-order valence-corrected chi connectivity index (χ0v) is 22.6. The Balaban J connectivity index is 1.23. The highest BCUT2D eigenvalue weighted by Gasteiger charge is 2.39. The molecule has 1 aliphatic carbocycles. The van der Waals surface area contributed by atoms with Gasteiger partial charge in [-0.25, -0.2) is 4.99 Å². The van der Waals surface area contributed by atoms with E-state index in [1.807, 2.05) is 144 Å². The van der Waals surface area contributed by atoms with Crippen LogP contribution >= 0.6 is 0 Å². The largest absolute Gasteiger partial charge is 0.506 e. The fourth-order valence-corrected chi connectivity index (χ4v) is 5.31. The Bertz CT molecular complexity index is 1810. The normalized spacial score (nSPS) is 15.9. The van der Waals surface area contributed by atoms with Gasteiger partial charge in [-0.1, -0.05) is 72.8 Å². The minimum absolute atomic E-state index is 0.0602. The van der Waals surface area contributed by atoms with Crippen molar-refractivity contribution in [1.82, 2.24) is 4.98 Å². The van der Waals surface area contributed by atoms with Gasteiger partial charge >= 0.3 is 0 Å². The number of anilines is 5. The summed E-state index contributed by atoms with van der Waals surface area (Å²) < 4.78 is 0. The SMILES string of the molecule is O=C1C(c2ccc(N(c3ccccc3)c3ccccc3)[nH]2)=C(O)/C1=C1/C=CC(N(c2ccccc2)c2ccccc2)=N1. The zero-order valence-electron chi connectivity index (χ0n) is 22.6. The Kier molecular flexibility index (Phi) is 6.33. The first-order chi connectivity index (χ1) is 20.7. The summed E-state index contributed by atoms with van der Waals surface area (Å²) in [5.41, 5.74) is 5.29. The topological polar surface area (TPSA) is 71.9 Å². The van der Waals surface area contributed by atoms with Gasteiger partial charge in [0.2, 0.25) is 5.78 Å². The van der Waals surface area contributed by atoms with Gasteiger partial charge in [-0.3, -0.25) is 14.6 Å². The van der Waals surface area contributed by atoms with Crippen molar-refractivity contribution in [1.29, 1.82) is 0 Å². The highest BCUT2D eigenvalue weighted by molar-refractivity contribution is 6.39. The first-order valence-corrected chi connectivity index (χ1v) is 13.7. The third-order valence-electron chi connectivity index (χ3n) is 7.28. The maximum Gasteiger partial charge on any atom is 0.204 e. The molecule has 0 spiro atoms. The van der Waals surface area contributed by atoms with E-state index in [-0.39, 0.29) is 22.7 Å². The molecule has 6 heteroatoms. The number of hydrogen-bond donors (Lipinski definition) is 2. The molecule has 0 unspecified atom stereocenters. The molecular formula is C36H26N4O2. The molecule has 4 aromatic carbocycles. The Morgan fingerprint density at radius 2 is 1.02 bits per heavy atom. The number of amidine groups is 1. The number of nitrogens with zero attached hydrogens (tertiary/aromatic N) is 3. The summed E-state index contributed by atoms with van der Waals surface area (Å²) in [6.45, 7) is 0. The molecule has 0 radical (unpaired) electrons. The van der Waals surface area contributed by atoms with E-state index >= 15 is 0 Å². The van der Waals surface area contributed by atoms with Crippen LogP contribution in [-0.2, 0) is 4.79 Å². The Labute approximate surface area is 243 Å². The van der Waals surface area contributed by atoms with E-state index < -0.39 is 0 Å². The van der Waals surface area contributed by atoms with E-state index in [0.29, 0.717) is 17.2 Å². The first kappa shape index (κ1) is 25.1. The highest BCUT2D eigenvalue weighted by atomic mass is 16.3. The lowest BCUT2D eigenvalue weighted by molar-refractivity contribution is -0.111. The fraction of sp³-hybridized carbons (Fsp3) is 0. The van der Waals surface area contributed by atoms with Crippen molar-refractivity contribution in [2.45, 2.75) is 0 Å². The molecule has 2 N–H and O–H groups in total. The second-order valence-corrected chi connectivity index (χ2v) is 9.89. The number of hydrogen-bond acceptors (Lipinski definition) is 5. The molecule has 0 saturated heterocycles. The van der Waals surface area contributed by atoms with Gasteiger partial charge in [0.1, 0.15) is 17.4 Å². The van der Waals surface area contributed by atoms with Crippen LogP contribution < -0.4 is 9.80 Å². The predicted molar refractivity (Wildman–Crippen MR) is 169 cm³/mol. The summed E-state index contributed by atoms with van der Waals surface area (Å²) in [6, 6.07) is 43.6. The van der Waals surface area contributed by atoms with Gasteiger partial charge in [-0.05, 0) is 72.8 Å². The van der Waals surface area contributed by atoms with E-state index in [0.717, 1.165) is 28.6 Å². The number of aliphatic hydroxyl groups is 1. The van der Waals surface area contributed by atoms with Crippen LogP contribution in [0.4, 0.5) is 28.6 Å². The molecule has 2 heterocycles. The minimum atomic E-state index is -0.248. The molecule has 202 valence electrons. The average molecular weight is 547 g/mol. The number of aliphatic imine (C=N–C) groups is 1. The summed E-state index contributed by atoms with van der Waals surface area (Å²) in [6.07, 6.45) is 3.65. The number of benzene rings is 4. The molecule has 0 saturated carbocycles. The summed E-state index contributed by atoms with van der Waals surface area (Å²) in [4.78, 5) is 25.7. The lowest BCUT2D eigenvalue weighted by atomic mass is 9.85. The molecular weight excluding hydrogens is 520 g/mol. The van der Waals surface area contributed by atoms with E-state index in [1.165, 1.54) is 0 Å². The van der Waals surface area contributed by atoms with Crippen LogP contribution in [0.15, 0.2) is 168 Å². The van der Waals surface area contributed by atoms with Crippen molar-refractivity contribution in [3.05, 3.63) is 168 Å². The van der Waals surface area contributed by atoms with Gasteiger partial charge < -0.3 is 10.1 Å². The van der Waals surface area contributed by atoms with Crippen molar-refractivity contribution in [3.8, 4) is 0 Å². The number of nitrogens with one attached hydrogen (secondary N) is 1. The van der Waals surface area contributed by atoms with Gasteiger partial charge in [0.15, 0.2) is 0 Å². The van der Waals surface area contributed by atoms with Gasteiger partial charge in [0.05, 0.1) is 22.5 Å². The number of Topliss-reactive ketones (excluding diaryl/α,β-unsaturated/α-hetero) is 1. The number of carbonyl (C=O) groups excluding carboxylic acids is 1. The number of aliphatic hydroxyl groups excluding tert-OH is 1. The number of aromatic nitrogens is 1. The summed E-state index contributed by atoms with van der Waals surface area (Å²) in [7, 11) is 0. The number of aromatic amines is 1. The molecule has 0 bridgehead atoms. The number of ketones is 1. The van der Waals surface area contributed by atoms with Crippen LogP contribution in [0.5, 0.6) is 0 Å². The minimum Gasteiger partial charge on any atom is -0.506 e. The van der Waals surface area contributed by atoms with Crippen molar-refractivity contribution in [3.63, 3.8) is 0 Å². The molecule has 2 aliphatic rings. The number of para-hydroxylation sites is 4. The van der Waals surface area contributed by atoms with Crippen molar-refractivity contribution < 1.29 is 9.90 Å². The third kappa shape index (κ3) is 4.41. The highest BCUT2D eigenvalue weighted by Crippen LogP contribution is 2.41. The zero-order chi connectivity index (χ0) is 28.5. The van der Waals surface area contributed by atoms with E-state index in [4.69, 9.17) is 4.99 Å². The maximum absolute atomic E-state index is 13.5. The van der Waals surface area contributed by atoms with E-state index in [1.54, 1.807) is 6.08 Å². The van der Waals surface area contributed by atoms with Crippen LogP contribution in [0.3, 0.4) is 0 Å². The molecule has 7 rings (SSSR count). The van der Waals surface area contributed by atoms with Gasteiger partial charge in [-0.15, -0.1) is 0 Å². The van der Waals surface area contributed by atoms with E-state index in [9.17, 15) is 9.90 Å². The molecule has 0 fully saturated rings. The van der Waals surface area contributed by atoms with Crippen molar-refractivity contribution in [2.24, 2.45) is 4.99 Å². The molecule has 1 aliphatic heterocycles. The van der Waals surface area contributed by atoms with Gasteiger partial charge in [-0.2, -0.15) is 0 Å². The number of H-pyrrole nitrogens is 1. The first-order valence-electron chi connectivity index (χ1n) is 13.7. The summed E-state index contributed by atoms with van der Waals surface area (Å²) in [5.74, 6) is 1.13. The van der Waals surface area contributed by atoms with Crippen LogP contribution in [0.2, 0.25) is 0 Å². The van der Waals surface area contributed by atoms with Crippen LogP contribution in [0, 0.1) is 0 Å². The fourth-order valence-electron chi connectivity index (χ4n) is 5.31. The quantitative estimate of drug-likeness (QED) is 0.210. The summed E-state index contributed by atoms with van der Waals surface area (Å²) in [5, 5.41) is 11.1. The molecule has 0 atom stereocenters. The Morgan fingerprint density at radius 1 is 0.548 bits per heavy atom. The monoisotopic (exact) mass is 546 g/mol. The molecule has 6 nitrogen and oxygen atoms in total. The van der Waals surface area contributed by atoms with Gasteiger partial charge in [0.25, 0.3) is 0 Å². The summed E-state index contributed by atoms with van der Waals surface area (Å²) >= 11 is 0. The van der Waals surface area contributed by atoms with Gasteiger partial charge in [0, 0.05) is 22.7 Å².